The van der Waals surface area contributed by atoms with Gasteiger partial charge in [0, 0.05) is 0 Å². The monoisotopic (exact) mass is 298 g/mol. The minimum absolute atomic E-state index is 0.165. The second kappa shape index (κ2) is 9.59. The molecule has 21 heavy (non-hydrogen) atoms. The normalized spacial score (nSPS) is 14.1. The zero-order valence-electron chi connectivity index (χ0n) is 14.2. The molecule has 0 spiro atoms. The van der Waals surface area contributed by atoms with E-state index in [-0.39, 0.29) is 17.4 Å². The molecule has 0 aromatic carbocycles. The van der Waals surface area contributed by atoms with Crippen LogP contribution < -0.4 is 0 Å². The molecule has 0 aromatic heterocycles. The van der Waals surface area contributed by atoms with Gasteiger partial charge in [0.2, 0.25) is 0 Å². The van der Waals surface area contributed by atoms with Gasteiger partial charge in [0.25, 0.3) is 0 Å². The third-order valence-corrected chi connectivity index (χ3v) is 3.62. The molecule has 0 aromatic rings. The van der Waals surface area contributed by atoms with E-state index in [2.05, 4.69) is 13.8 Å². The van der Waals surface area contributed by atoms with E-state index in [4.69, 9.17) is 4.74 Å². The second-order valence-electron chi connectivity index (χ2n) is 6.10. The zero-order chi connectivity index (χ0) is 16.6. The third-order valence-electron chi connectivity index (χ3n) is 3.62. The summed E-state index contributed by atoms with van der Waals surface area (Å²) in [6.07, 6.45) is 3.02. The highest BCUT2D eigenvalue weighted by molar-refractivity contribution is 6.00. The first-order chi connectivity index (χ1) is 9.76. The molecule has 0 rings (SSSR count). The van der Waals surface area contributed by atoms with Gasteiger partial charge in [-0.15, -0.1) is 0 Å². The van der Waals surface area contributed by atoms with Gasteiger partial charge in [-0.2, -0.15) is 0 Å². The third kappa shape index (κ3) is 6.32. The minimum Gasteiger partial charge on any atom is -0.478 e. The van der Waals surface area contributed by atoms with Crippen LogP contribution in [0, 0.1) is 17.8 Å². The zero-order valence-corrected chi connectivity index (χ0v) is 14.2. The molecular weight excluding hydrogens is 268 g/mol. The fourth-order valence-electron chi connectivity index (χ4n) is 2.41. The van der Waals surface area contributed by atoms with Crippen LogP contribution in [-0.2, 0) is 14.3 Å². The van der Waals surface area contributed by atoms with Gasteiger partial charge in [0.1, 0.15) is 0 Å². The molecule has 0 amide bonds. The van der Waals surface area contributed by atoms with Gasteiger partial charge in [0.15, 0.2) is 0 Å². The van der Waals surface area contributed by atoms with Crippen LogP contribution in [0.2, 0.25) is 0 Å². The molecule has 0 saturated carbocycles. The molecule has 0 fully saturated rings. The Labute approximate surface area is 128 Å². The second-order valence-corrected chi connectivity index (χ2v) is 6.10. The van der Waals surface area contributed by atoms with E-state index in [1.165, 1.54) is 0 Å². The molecule has 1 unspecified atom stereocenters. The molecule has 0 aliphatic carbocycles. The maximum Gasteiger partial charge on any atom is 0.334 e. The molecule has 0 aliphatic heterocycles. The highest BCUT2D eigenvalue weighted by atomic mass is 16.5. The van der Waals surface area contributed by atoms with Crippen LogP contribution in [-0.4, -0.2) is 23.7 Å². The lowest BCUT2D eigenvalue weighted by atomic mass is 9.90. The fraction of sp³-hybridized carbons (Fsp3) is 0.765. The van der Waals surface area contributed by atoms with Gasteiger partial charge >= 0.3 is 11.9 Å². The SMILES string of the molecule is CCCC(CC)COC(=O)/C(=C(\C(=O)O)C(C)C)C(C)C. The van der Waals surface area contributed by atoms with Crippen LogP contribution in [0.4, 0.5) is 0 Å². The maximum atomic E-state index is 12.3. The molecule has 0 heterocycles. The largest absolute Gasteiger partial charge is 0.478 e. The summed E-state index contributed by atoms with van der Waals surface area (Å²) in [6.45, 7) is 11.8. The quantitative estimate of drug-likeness (QED) is 0.515. The summed E-state index contributed by atoms with van der Waals surface area (Å²) in [6, 6.07) is 0. The number of rotatable bonds is 9. The van der Waals surface area contributed by atoms with Gasteiger partial charge in [-0.1, -0.05) is 54.4 Å². The first-order valence-corrected chi connectivity index (χ1v) is 7.90. The van der Waals surface area contributed by atoms with Crippen molar-refractivity contribution in [2.75, 3.05) is 6.61 Å². The predicted octanol–water partition coefficient (Wildman–Crippen LogP) is 4.05. The molecular formula is C17H30O4. The van der Waals surface area contributed by atoms with Crippen LogP contribution in [0.1, 0.15) is 60.8 Å². The van der Waals surface area contributed by atoms with Gasteiger partial charge < -0.3 is 9.84 Å². The first kappa shape index (κ1) is 19.7. The van der Waals surface area contributed by atoms with Crippen molar-refractivity contribution >= 4 is 11.9 Å². The van der Waals surface area contributed by atoms with Crippen molar-refractivity contribution in [3.05, 3.63) is 11.1 Å². The van der Waals surface area contributed by atoms with Gasteiger partial charge in [-0.25, -0.2) is 9.59 Å². The molecule has 122 valence electrons. The molecule has 4 heteroatoms. The molecule has 1 atom stereocenters. The molecule has 0 radical (unpaired) electrons. The summed E-state index contributed by atoms with van der Waals surface area (Å²) in [5.74, 6) is -1.56. The van der Waals surface area contributed by atoms with E-state index in [0.717, 1.165) is 19.3 Å². The average Bonchev–Trinajstić information content (AvgIpc) is 2.38. The van der Waals surface area contributed by atoms with Gasteiger partial charge in [0.05, 0.1) is 17.8 Å². The number of hydrogen-bond acceptors (Lipinski definition) is 3. The molecule has 0 aliphatic rings. The number of carboxylic acid groups (broad SMARTS) is 1. The molecule has 4 nitrogen and oxygen atoms in total. The number of carbonyl (C=O) groups is 2. The smallest absolute Gasteiger partial charge is 0.334 e. The number of ether oxygens (including phenoxy) is 1. The number of esters is 1. The Morgan fingerprint density at radius 2 is 1.52 bits per heavy atom. The van der Waals surface area contributed by atoms with Crippen molar-refractivity contribution in [3.8, 4) is 0 Å². The lowest BCUT2D eigenvalue weighted by Gasteiger charge is -2.19. The minimum atomic E-state index is -1.04. The Balaban J connectivity index is 5.18. The Hall–Kier alpha value is -1.32. The van der Waals surface area contributed by atoms with Crippen LogP contribution in [0.3, 0.4) is 0 Å². The Morgan fingerprint density at radius 1 is 1.00 bits per heavy atom. The van der Waals surface area contributed by atoms with Crippen molar-refractivity contribution in [3.63, 3.8) is 0 Å². The summed E-state index contributed by atoms with van der Waals surface area (Å²) in [5, 5.41) is 9.35. The molecule has 0 saturated heterocycles. The topological polar surface area (TPSA) is 63.6 Å². The van der Waals surface area contributed by atoms with E-state index < -0.39 is 11.9 Å². The number of aliphatic carboxylic acids is 1. The fourth-order valence-corrected chi connectivity index (χ4v) is 2.41. The van der Waals surface area contributed by atoms with Gasteiger partial charge in [-0.05, 0) is 24.2 Å². The lowest BCUT2D eigenvalue weighted by Crippen LogP contribution is -2.23. The average molecular weight is 298 g/mol. The first-order valence-electron chi connectivity index (χ1n) is 7.90. The summed E-state index contributed by atoms with van der Waals surface area (Å²) >= 11 is 0. The summed E-state index contributed by atoms with van der Waals surface area (Å²) < 4.78 is 5.39. The van der Waals surface area contributed by atoms with Crippen LogP contribution in [0.15, 0.2) is 11.1 Å². The maximum absolute atomic E-state index is 12.3. The van der Waals surface area contributed by atoms with Crippen molar-refractivity contribution in [1.29, 1.82) is 0 Å². The van der Waals surface area contributed by atoms with E-state index in [1.54, 1.807) is 13.8 Å². The standard InChI is InChI=1S/C17H30O4/c1-7-9-13(8-2)10-21-17(20)15(12(5)6)14(11(3)4)16(18)19/h11-13H,7-10H2,1-6H3,(H,18,19)/b15-14-. The van der Waals surface area contributed by atoms with Crippen LogP contribution >= 0.6 is 0 Å². The highest BCUT2D eigenvalue weighted by Gasteiger charge is 2.26. The van der Waals surface area contributed by atoms with Crippen molar-refractivity contribution in [2.45, 2.75) is 60.8 Å². The van der Waals surface area contributed by atoms with Gasteiger partial charge in [-0.3, -0.25) is 0 Å². The van der Waals surface area contributed by atoms with E-state index >= 15 is 0 Å². The Bertz CT molecular complexity index is 380. The molecule has 0 bridgehead atoms. The van der Waals surface area contributed by atoms with Crippen molar-refractivity contribution < 1.29 is 19.4 Å². The van der Waals surface area contributed by atoms with Crippen LogP contribution in [0.5, 0.6) is 0 Å². The predicted molar refractivity (Wildman–Crippen MR) is 84.0 cm³/mol. The molecule has 1 N–H and O–H groups in total. The number of hydrogen-bond donors (Lipinski definition) is 1. The van der Waals surface area contributed by atoms with E-state index in [1.807, 2.05) is 13.8 Å². The van der Waals surface area contributed by atoms with E-state index in [0.29, 0.717) is 18.1 Å². The van der Waals surface area contributed by atoms with Crippen LogP contribution in [0.25, 0.3) is 0 Å². The van der Waals surface area contributed by atoms with Crippen molar-refractivity contribution in [1.82, 2.24) is 0 Å². The Kier molecular flexibility index (Phi) is 8.98. The highest BCUT2D eigenvalue weighted by Crippen LogP contribution is 2.24. The van der Waals surface area contributed by atoms with Crippen molar-refractivity contribution in [2.24, 2.45) is 17.8 Å². The van der Waals surface area contributed by atoms with E-state index in [9.17, 15) is 14.7 Å². The summed E-state index contributed by atoms with van der Waals surface area (Å²) in [7, 11) is 0. The number of carboxylic acids is 1. The summed E-state index contributed by atoms with van der Waals surface area (Å²) in [5.41, 5.74) is 0.461. The summed E-state index contributed by atoms with van der Waals surface area (Å²) in [4.78, 5) is 23.7. The lowest BCUT2D eigenvalue weighted by molar-refractivity contribution is -0.142. The Morgan fingerprint density at radius 3 is 1.86 bits per heavy atom. The number of carbonyl (C=O) groups excluding carboxylic acids is 1.